The van der Waals surface area contributed by atoms with Crippen molar-refractivity contribution in [2.45, 2.75) is 39.5 Å². The molecule has 1 aliphatic rings. The Labute approximate surface area is 91.7 Å². The fourth-order valence-corrected chi connectivity index (χ4v) is 2.05. The molecule has 1 heterocycles. The third-order valence-corrected chi connectivity index (χ3v) is 3.47. The van der Waals surface area contributed by atoms with Crippen LogP contribution in [0.3, 0.4) is 0 Å². The lowest BCUT2D eigenvalue weighted by Crippen LogP contribution is -2.27. The number of rotatable bonds is 4. The number of pyridine rings is 1. The standard InChI is InChI=1S/C13H19NO/c1-11-5-3-9-14-12(11)15-10-8-13(2)6-4-7-13/h3,5,9H,4,6-8,10H2,1-2H3. The molecule has 1 aromatic heterocycles. The largest absolute Gasteiger partial charge is 0.477 e. The first-order chi connectivity index (χ1) is 7.20. The molecule has 0 amide bonds. The molecule has 15 heavy (non-hydrogen) atoms. The van der Waals surface area contributed by atoms with Crippen LogP contribution in [0.2, 0.25) is 0 Å². The minimum Gasteiger partial charge on any atom is -0.477 e. The van der Waals surface area contributed by atoms with Crippen molar-refractivity contribution in [3.05, 3.63) is 23.9 Å². The fraction of sp³-hybridized carbons (Fsp3) is 0.615. The third-order valence-electron chi connectivity index (χ3n) is 3.47. The van der Waals surface area contributed by atoms with Crippen LogP contribution >= 0.6 is 0 Å². The predicted octanol–water partition coefficient (Wildman–Crippen LogP) is 3.35. The summed E-state index contributed by atoms with van der Waals surface area (Å²) in [5, 5.41) is 0. The van der Waals surface area contributed by atoms with Crippen LogP contribution in [0.5, 0.6) is 5.88 Å². The van der Waals surface area contributed by atoms with Crippen molar-refractivity contribution in [1.82, 2.24) is 4.98 Å². The van der Waals surface area contributed by atoms with Crippen molar-refractivity contribution in [1.29, 1.82) is 0 Å². The van der Waals surface area contributed by atoms with Crippen LogP contribution < -0.4 is 4.74 Å². The van der Waals surface area contributed by atoms with Gasteiger partial charge in [-0.3, -0.25) is 0 Å². The zero-order valence-electron chi connectivity index (χ0n) is 9.62. The van der Waals surface area contributed by atoms with E-state index in [1.165, 1.54) is 19.3 Å². The molecular formula is C13H19NO. The maximum Gasteiger partial charge on any atom is 0.216 e. The van der Waals surface area contributed by atoms with Gasteiger partial charge in [-0.05, 0) is 37.7 Å². The Morgan fingerprint density at radius 2 is 2.27 bits per heavy atom. The van der Waals surface area contributed by atoms with Gasteiger partial charge >= 0.3 is 0 Å². The zero-order chi connectivity index (χ0) is 10.7. The second-order valence-corrected chi connectivity index (χ2v) is 4.89. The van der Waals surface area contributed by atoms with Crippen molar-refractivity contribution in [3.8, 4) is 5.88 Å². The number of hydrogen-bond donors (Lipinski definition) is 0. The van der Waals surface area contributed by atoms with E-state index in [-0.39, 0.29) is 0 Å². The molecule has 0 atom stereocenters. The second-order valence-electron chi connectivity index (χ2n) is 4.89. The fourth-order valence-electron chi connectivity index (χ4n) is 2.05. The molecule has 2 heteroatoms. The van der Waals surface area contributed by atoms with Crippen LogP contribution in [-0.4, -0.2) is 11.6 Å². The molecule has 0 radical (unpaired) electrons. The SMILES string of the molecule is Cc1cccnc1OCCC1(C)CCC1. The van der Waals surface area contributed by atoms with Crippen LogP contribution in [0.4, 0.5) is 0 Å². The molecule has 0 spiro atoms. The minimum absolute atomic E-state index is 0.544. The van der Waals surface area contributed by atoms with E-state index in [0.717, 1.165) is 24.5 Å². The highest BCUT2D eigenvalue weighted by Crippen LogP contribution is 2.43. The van der Waals surface area contributed by atoms with E-state index < -0.39 is 0 Å². The first kappa shape index (κ1) is 10.5. The molecule has 0 unspecified atom stereocenters. The van der Waals surface area contributed by atoms with E-state index in [4.69, 9.17) is 4.74 Å². The summed E-state index contributed by atoms with van der Waals surface area (Å²) in [6.07, 6.45) is 7.05. The topological polar surface area (TPSA) is 22.1 Å². The predicted molar refractivity (Wildman–Crippen MR) is 61.0 cm³/mol. The van der Waals surface area contributed by atoms with Gasteiger partial charge in [-0.15, -0.1) is 0 Å². The Hall–Kier alpha value is -1.05. The summed E-state index contributed by atoms with van der Waals surface area (Å²) in [7, 11) is 0. The van der Waals surface area contributed by atoms with Crippen molar-refractivity contribution in [2.24, 2.45) is 5.41 Å². The van der Waals surface area contributed by atoms with Crippen molar-refractivity contribution in [3.63, 3.8) is 0 Å². The number of hydrogen-bond acceptors (Lipinski definition) is 2. The highest BCUT2D eigenvalue weighted by atomic mass is 16.5. The van der Waals surface area contributed by atoms with Gasteiger partial charge in [0.05, 0.1) is 6.61 Å². The van der Waals surface area contributed by atoms with Crippen LogP contribution in [0.1, 0.15) is 38.2 Å². The number of ether oxygens (including phenoxy) is 1. The van der Waals surface area contributed by atoms with Gasteiger partial charge in [0, 0.05) is 11.8 Å². The Morgan fingerprint density at radius 3 is 2.87 bits per heavy atom. The third kappa shape index (κ3) is 2.49. The van der Waals surface area contributed by atoms with Crippen molar-refractivity contribution < 1.29 is 4.74 Å². The van der Waals surface area contributed by atoms with E-state index in [0.29, 0.717) is 5.41 Å². The number of aromatic nitrogens is 1. The lowest BCUT2D eigenvalue weighted by Gasteiger charge is -2.38. The average Bonchev–Trinajstić information content (AvgIpc) is 2.18. The Kier molecular flexibility index (Phi) is 2.94. The summed E-state index contributed by atoms with van der Waals surface area (Å²) in [5.74, 6) is 0.792. The minimum atomic E-state index is 0.544. The number of nitrogens with zero attached hydrogens (tertiary/aromatic N) is 1. The van der Waals surface area contributed by atoms with E-state index in [1.54, 1.807) is 6.20 Å². The van der Waals surface area contributed by atoms with Gasteiger partial charge in [-0.1, -0.05) is 19.4 Å². The smallest absolute Gasteiger partial charge is 0.216 e. The first-order valence-corrected chi connectivity index (χ1v) is 5.74. The lowest BCUT2D eigenvalue weighted by molar-refractivity contribution is 0.114. The molecule has 0 saturated heterocycles. The Morgan fingerprint density at radius 1 is 1.47 bits per heavy atom. The zero-order valence-corrected chi connectivity index (χ0v) is 9.62. The average molecular weight is 205 g/mol. The summed E-state index contributed by atoms with van der Waals surface area (Å²) in [6, 6.07) is 3.98. The molecule has 2 nitrogen and oxygen atoms in total. The molecule has 0 aliphatic heterocycles. The maximum atomic E-state index is 5.70. The van der Waals surface area contributed by atoms with Crippen LogP contribution in [0.15, 0.2) is 18.3 Å². The summed E-state index contributed by atoms with van der Waals surface area (Å²) in [5.41, 5.74) is 1.67. The van der Waals surface area contributed by atoms with E-state index in [9.17, 15) is 0 Å². The summed E-state index contributed by atoms with van der Waals surface area (Å²) in [4.78, 5) is 4.22. The maximum absolute atomic E-state index is 5.70. The van der Waals surface area contributed by atoms with Crippen molar-refractivity contribution >= 4 is 0 Å². The molecular weight excluding hydrogens is 186 g/mol. The van der Waals surface area contributed by atoms with E-state index >= 15 is 0 Å². The molecule has 0 N–H and O–H groups in total. The summed E-state index contributed by atoms with van der Waals surface area (Å²) < 4.78 is 5.70. The second kappa shape index (κ2) is 4.21. The van der Waals surface area contributed by atoms with Gasteiger partial charge < -0.3 is 4.74 Å². The highest BCUT2D eigenvalue weighted by molar-refractivity contribution is 5.23. The van der Waals surface area contributed by atoms with Gasteiger partial charge in [0.15, 0.2) is 0 Å². The monoisotopic (exact) mass is 205 g/mol. The molecule has 0 bridgehead atoms. The van der Waals surface area contributed by atoms with Gasteiger partial charge in [0.25, 0.3) is 0 Å². The van der Waals surface area contributed by atoms with Gasteiger partial charge in [-0.2, -0.15) is 0 Å². The van der Waals surface area contributed by atoms with Crippen molar-refractivity contribution in [2.75, 3.05) is 6.61 Å². The molecule has 1 fully saturated rings. The summed E-state index contributed by atoms with van der Waals surface area (Å²) >= 11 is 0. The normalized spacial score (nSPS) is 18.3. The van der Waals surface area contributed by atoms with Crippen LogP contribution in [0, 0.1) is 12.3 Å². The first-order valence-electron chi connectivity index (χ1n) is 5.74. The van der Waals surface area contributed by atoms with Gasteiger partial charge in [0.1, 0.15) is 0 Å². The molecule has 0 aromatic carbocycles. The summed E-state index contributed by atoms with van der Waals surface area (Å²) in [6.45, 7) is 5.19. The molecule has 1 saturated carbocycles. The quantitative estimate of drug-likeness (QED) is 0.752. The molecule has 1 aromatic rings. The highest BCUT2D eigenvalue weighted by Gasteiger charge is 2.31. The Bertz CT molecular complexity index is 331. The lowest BCUT2D eigenvalue weighted by atomic mass is 9.68. The Balaban J connectivity index is 1.81. The number of aryl methyl sites for hydroxylation is 1. The van der Waals surface area contributed by atoms with Crippen LogP contribution in [-0.2, 0) is 0 Å². The van der Waals surface area contributed by atoms with E-state index in [2.05, 4.69) is 11.9 Å². The van der Waals surface area contributed by atoms with Gasteiger partial charge in [-0.25, -0.2) is 4.98 Å². The molecule has 1 aliphatic carbocycles. The molecule has 2 rings (SSSR count). The molecule has 82 valence electrons. The van der Waals surface area contributed by atoms with E-state index in [1.807, 2.05) is 19.1 Å². The van der Waals surface area contributed by atoms with Crippen LogP contribution in [0.25, 0.3) is 0 Å². The van der Waals surface area contributed by atoms with Gasteiger partial charge in [0.2, 0.25) is 5.88 Å².